The highest BCUT2D eigenvalue weighted by Gasteiger charge is 2.22. The summed E-state index contributed by atoms with van der Waals surface area (Å²) in [6.45, 7) is 1.72. The van der Waals surface area contributed by atoms with E-state index in [2.05, 4.69) is 15.7 Å². The van der Waals surface area contributed by atoms with Crippen LogP contribution in [0.15, 0.2) is 59.4 Å². The Hall–Kier alpha value is -3.15. The lowest BCUT2D eigenvalue weighted by molar-refractivity contribution is -0.117. The van der Waals surface area contributed by atoms with Crippen LogP contribution in [0.3, 0.4) is 0 Å². The smallest absolute Gasteiger partial charge is 0.279 e. The first kappa shape index (κ1) is 15.7. The SMILES string of the molecule is CNn1c(C(C)C(=O)Nc2ccccc2)nc2ccccc2c1=O. The van der Waals surface area contributed by atoms with Gasteiger partial charge in [0, 0.05) is 12.7 Å². The molecule has 0 aliphatic rings. The summed E-state index contributed by atoms with van der Waals surface area (Å²) in [6, 6.07) is 16.3. The zero-order chi connectivity index (χ0) is 17.1. The highest BCUT2D eigenvalue weighted by molar-refractivity contribution is 5.95. The molecule has 24 heavy (non-hydrogen) atoms. The van der Waals surface area contributed by atoms with E-state index in [1.54, 1.807) is 32.2 Å². The van der Waals surface area contributed by atoms with Gasteiger partial charge < -0.3 is 10.7 Å². The molecule has 0 saturated heterocycles. The third-order valence-electron chi connectivity index (χ3n) is 3.85. The van der Waals surface area contributed by atoms with Gasteiger partial charge in [-0.1, -0.05) is 30.3 Å². The molecule has 1 heterocycles. The Labute approximate surface area is 139 Å². The molecule has 0 aliphatic carbocycles. The molecule has 0 saturated carbocycles. The van der Waals surface area contributed by atoms with Crippen molar-refractivity contribution >= 4 is 22.5 Å². The van der Waals surface area contributed by atoms with Gasteiger partial charge in [-0.25, -0.2) is 9.66 Å². The maximum absolute atomic E-state index is 12.6. The van der Waals surface area contributed by atoms with Crippen LogP contribution in [0.5, 0.6) is 0 Å². The molecule has 6 heteroatoms. The lowest BCUT2D eigenvalue weighted by atomic mass is 10.1. The minimum atomic E-state index is -0.602. The van der Waals surface area contributed by atoms with Crippen LogP contribution in [0.2, 0.25) is 0 Å². The Bertz CT molecular complexity index is 935. The average molecular weight is 322 g/mol. The Kier molecular flexibility index (Phi) is 4.29. The molecular weight excluding hydrogens is 304 g/mol. The van der Waals surface area contributed by atoms with Gasteiger partial charge in [-0.15, -0.1) is 0 Å². The predicted octanol–water partition coefficient (Wildman–Crippen LogP) is 2.31. The number of aromatic nitrogens is 2. The minimum absolute atomic E-state index is 0.225. The number of amides is 1. The Morgan fingerprint density at radius 2 is 1.75 bits per heavy atom. The molecule has 0 fully saturated rings. The first-order valence-electron chi connectivity index (χ1n) is 7.67. The molecule has 2 N–H and O–H groups in total. The number of nitrogens with one attached hydrogen (secondary N) is 2. The van der Waals surface area contributed by atoms with Crippen LogP contribution in [0.1, 0.15) is 18.7 Å². The van der Waals surface area contributed by atoms with E-state index >= 15 is 0 Å². The second-order valence-electron chi connectivity index (χ2n) is 5.43. The highest BCUT2D eigenvalue weighted by atomic mass is 16.2. The number of benzene rings is 2. The molecule has 0 bridgehead atoms. The van der Waals surface area contributed by atoms with Crippen molar-refractivity contribution in [2.75, 3.05) is 17.8 Å². The summed E-state index contributed by atoms with van der Waals surface area (Å²) in [7, 11) is 1.63. The lowest BCUT2D eigenvalue weighted by Crippen LogP contribution is -2.34. The summed E-state index contributed by atoms with van der Waals surface area (Å²) in [5.41, 5.74) is 3.87. The predicted molar refractivity (Wildman–Crippen MR) is 94.8 cm³/mol. The van der Waals surface area contributed by atoms with Crippen LogP contribution < -0.4 is 16.3 Å². The second kappa shape index (κ2) is 6.54. The van der Waals surface area contributed by atoms with Gasteiger partial charge in [0.2, 0.25) is 5.91 Å². The van der Waals surface area contributed by atoms with Gasteiger partial charge in [0.1, 0.15) is 5.82 Å². The fraction of sp³-hybridized carbons (Fsp3) is 0.167. The zero-order valence-corrected chi connectivity index (χ0v) is 13.5. The van der Waals surface area contributed by atoms with Crippen molar-refractivity contribution in [1.29, 1.82) is 0 Å². The fourth-order valence-corrected chi connectivity index (χ4v) is 2.55. The minimum Gasteiger partial charge on any atom is -0.325 e. The molecule has 3 aromatic rings. The van der Waals surface area contributed by atoms with E-state index in [0.29, 0.717) is 22.4 Å². The average Bonchev–Trinajstić information content (AvgIpc) is 2.62. The number of nitrogens with zero attached hydrogens (tertiary/aromatic N) is 2. The van der Waals surface area contributed by atoms with Crippen LogP contribution in [-0.4, -0.2) is 22.6 Å². The summed E-state index contributed by atoms with van der Waals surface area (Å²) in [6.07, 6.45) is 0. The van der Waals surface area contributed by atoms with E-state index in [0.717, 1.165) is 0 Å². The molecule has 3 rings (SSSR count). The Balaban J connectivity index is 2.01. The van der Waals surface area contributed by atoms with Crippen LogP contribution in [0.25, 0.3) is 10.9 Å². The highest BCUT2D eigenvalue weighted by Crippen LogP contribution is 2.17. The van der Waals surface area contributed by atoms with Crippen LogP contribution in [0.4, 0.5) is 5.69 Å². The fourth-order valence-electron chi connectivity index (χ4n) is 2.55. The number of hydrogen-bond acceptors (Lipinski definition) is 4. The van der Waals surface area contributed by atoms with E-state index in [1.807, 2.05) is 36.4 Å². The largest absolute Gasteiger partial charge is 0.325 e. The van der Waals surface area contributed by atoms with Gasteiger partial charge in [-0.05, 0) is 31.2 Å². The van der Waals surface area contributed by atoms with Gasteiger partial charge in [0.05, 0.1) is 16.8 Å². The number of carbonyl (C=O) groups excluding carboxylic acids is 1. The van der Waals surface area contributed by atoms with Gasteiger partial charge >= 0.3 is 0 Å². The normalized spacial score (nSPS) is 11.9. The quantitative estimate of drug-likeness (QED) is 0.773. The number of hydrogen-bond donors (Lipinski definition) is 2. The third kappa shape index (κ3) is 2.86. The van der Waals surface area contributed by atoms with Crippen LogP contribution >= 0.6 is 0 Å². The maximum atomic E-state index is 12.6. The molecule has 122 valence electrons. The van der Waals surface area contributed by atoms with Crippen molar-refractivity contribution in [3.05, 3.63) is 70.8 Å². The van der Waals surface area contributed by atoms with Crippen LogP contribution in [-0.2, 0) is 4.79 Å². The second-order valence-corrected chi connectivity index (χ2v) is 5.43. The van der Waals surface area contributed by atoms with Crippen molar-refractivity contribution in [2.45, 2.75) is 12.8 Å². The van der Waals surface area contributed by atoms with Crippen molar-refractivity contribution in [2.24, 2.45) is 0 Å². The van der Waals surface area contributed by atoms with Gasteiger partial charge in [-0.3, -0.25) is 9.59 Å². The van der Waals surface area contributed by atoms with E-state index in [9.17, 15) is 9.59 Å². The monoisotopic (exact) mass is 322 g/mol. The van der Waals surface area contributed by atoms with E-state index in [4.69, 9.17) is 0 Å². The first-order valence-corrected chi connectivity index (χ1v) is 7.67. The first-order chi connectivity index (χ1) is 11.6. The van der Waals surface area contributed by atoms with Crippen molar-refractivity contribution in [1.82, 2.24) is 9.66 Å². The summed E-state index contributed by atoms with van der Waals surface area (Å²) in [4.78, 5) is 29.6. The molecule has 0 aliphatic heterocycles. The lowest BCUT2D eigenvalue weighted by Gasteiger charge is -2.17. The maximum Gasteiger partial charge on any atom is 0.279 e. The third-order valence-corrected chi connectivity index (χ3v) is 3.85. The molecule has 1 amide bonds. The van der Waals surface area contributed by atoms with Gasteiger partial charge in [0.25, 0.3) is 5.56 Å². The zero-order valence-electron chi connectivity index (χ0n) is 13.5. The number of fused-ring (bicyclic) bond motifs is 1. The van der Waals surface area contributed by atoms with E-state index < -0.39 is 5.92 Å². The summed E-state index contributed by atoms with van der Waals surface area (Å²) in [5.74, 6) is -0.461. The van der Waals surface area contributed by atoms with E-state index in [1.165, 1.54) is 4.68 Å². The molecule has 0 spiro atoms. The molecular formula is C18H18N4O2. The summed E-state index contributed by atoms with van der Waals surface area (Å²) < 4.78 is 1.32. The van der Waals surface area contributed by atoms with Gasteiger partial charge in [0.15, 0.2) is 0 Å². The molecule has 1 atom stereocenters. The number of anilines is 1. The van der Waals surface area contributed by atoms with Gasteiger partial charge in [-0.2, -0.15) is 0 Å². The van der Waals surface area contributed by atoms with Crippen molar-refractivity contribution < 1.29 is 4.79 Å². The van der Waals surface area contributed by atoms with E-state index in [-0.39, 0.29) is 11.5 Å². The molecule has 0 radical (unpaired) electrons. The summed E-state index contributed by atoms with van der Waals surface area (Å²) >= 11 is 0. The van der Waals surface area contributed by atoms with Crippen molar-refractivity contribution in [3.63, 3.8) is 0 Å². The summed E-state index contributed by atoms with van der Waals surface area (Å²) in [5, 5.41) is 3.34. The standard InChI is InChI=1S/C18H18N4O2/c1-12(17(23)20-13-8-4-3-5-9-13)16-21-15-11-7-6-10-14(15)18(24)22(16)19-2/h3-12,19H,1-2H3,(H,20,23). The van der Waals surface area contributed by atoms with Crippen LogP contribution in [0, 0.1) is 0 Å². The molecule has 1 aromatic heterocycles. The Morgan fingerprint density at radius 1 is 1.08 bits per heavy atom. The number of rotatable bonds is 4. The Morgan fingerprint density at radius 3 is 2.46 bits per heavy atom. The number of para-hydroxylation sites is 2. The molecule has 1 unspecified atom stereocenters. The number of carbonyl (C=O) groups is 1. The topological polar surface area (TPSA) is 76.0 Å². The molecule has 6 nitrogen and oxygen atoms in total. The van der Waals surface area contributed by atoms with Crippen molar-refractivity contribution in [3.8, 4) is 0 Å². The molecule has 2 aromatic carbocycles.